The first-order valence-corrected chi connectivity index (χ1v) is 12.4. The third kappa shape index (κ3) is 10.5. The molecule has 0 amide bonds. The van der Waals surface area contributed by atoms with Crippen molar-refractivity contribution in [3.8, 4) is 46.7 Å². The number of rotatable bonds is 6. The van der Waals surface area contributed by atoms with Crippen molar-refractivity contribution in [2.45, 2.75) is 5.51 Å². The third-order valence-corrected chi connectivity index (χ3v) is 5.26. The fraction of sp³-hybridized carbons (Fsp3) is 0.222. The van der Waals surface area contributed by atoms with Crippen molar-refractivity contribution in [1.82, 2.24) is 0 Å². The summed E-state index contributed by atoms with van der Waals surface area (Å²) in [5, 5.41) is 0. The number of alkyl halides is 3. The Balaban J connectivity index is 0.000000580. The summed E-state index contributed by atoms with van der Waals surface area (Å²) in [4.78, 5) is 0. The fourth-order valence-electron chi connectivity index (χ4n) is 2.67. The molecule has 1 heterocycles. The number of pyridine rings is 1. The minimum absolute atomic E-state index is 0.290. The van der Waals surface area contributed by atoms with Crippen molar-refractivity contribution in [1.29, 1.82) is 0 Å². The van der Waals surface area contributed by atoms with Crippen molar-refractivity contribution in [3.05, 3.63) is 78.1 Å². The predicted octanol–water partition coefficient (Wildman–Crippen LogP) is 3.44. The van der Waals surface area contributed by atoms with Crippen LogP contribution in [0.25, 0.3) is 0 Å². The number of halogens is 3. The van der Waals surface area contributed by atoms with E-state index in [4.69, 9.17) is 31.9 Å². The Morgan fingerprint density at radius 3 is 1.38 bits per heavy atom. The molecule has 3 aromatic rings. The van der Waals surface area contributed by atoms with Crippen molar-refractivity contribution < 1.29 is 49.7 Å². The van der Waals surface area contributed by atoms with Gasteiger partial charge in [0.1, 0.15) is 43.3 Å². The lowest BCUT2D eigenvalue weighted by Crippen LogP contribution is -2.36. The maximum Gasteiger partial charge on any atom is 0.485 e. The molecule has 0 bridgehead atoms. The van der Waals surface area contributed by atoms with Gasteiger partial charge >= 0.3 is 5.51 Å². The molecule has 0 N–H and O–H groups in total. The number of hydrogen-bond donors (Lipinski definition) is 0. The van der Waals surface area contributed by atoms with E-state index in [-0.39, 0.29) is 13.2 Å². The Bertz CT molecular complexity index is 1360. The average molecular weight is 564 g/mol. The summed E-state index contributed by atoms with van der Waals surface area (Å²) in [5.74, 6) is 15.4. The number of ether oxygens (including phenoxy) is 4. The molecule has 0 saturated heterocycles. The van der Waals surface area contributed by atoms with Crippen LogP contribution in [0.5, 0.6) is 23.0 Å². The van der Waals surface area contributed by atoms with Crippen LogP contribution in [0.4, 0.5) is 13.2 Å². The highest BCUT2D eigenvalue weighted by atomic mass is 32.2. The van der Waals surface area contributed by atoms with Gasteiger partial charge in [0.25, 0.3) is 11.4 Å². The normalized spacial score (nSPS) is 10.4. The van der Waals surface area contributed by atoms with Crippen LogP contribution in [0, 0.1) is 23.7 Å². The molecule has 0 fully saturated rings. The lowest BCUT2D eigenvalue weighted by Gasteiger charge is -2.08. The number of aromatic nitrogens is 1. The summed E-state index contributed by atoms with van der Waals surface area (Å²) in [6, 6.07) is 20.6. The Labute approximate surface area is 224 Å². The summed E-state index contributed by atoms with van der Waals surface area (Å²) in [6.07, 6.45) is 0. The molecule has 0 aliphatic rings. The molecule has 2 aromatic carbocycles. The van der Waals surface area contributed by atoms with Crippen LogP contribution < -0.4 is 23.5 Å². The van der Waals surface area contributed by atoms with E-state index in [0.29, 0.717) is 0 Å². The lowest BCUT2D eigenvalue weighted by atomic mass is 10.2. The van der Waals surface area contributed by atoms with Gasteiger partial charge in [0.05, 0.1) is 14.2 Å². The molecule has 0 unspecified atom stereocenters. The Morgan fingerprint density at radius 2 is 1.08 bits per heavy atom. The largest absolute Gasteiger partial charge is 0.741 e. The molecule has 206 valence electrons. The molecule has 12 heteroatoms. The minimum Gasteiger partial charge on any atom is -0.741 e. The van der Waals surface area contributed by atoms with Gasteiger partial charge in [-0.3, -0.25) is 0 Å². The number of hydrogen-bond acceptors (Lipinski definition) is 7. The second kappa shape index (κ2) is 14.5. The van der Waals surface area contributed by atoms with E-state index in [9.17, 15) is 13.2 Å². The van der Waals surface area contributed by atoms with Gasteiger partial charge < -0.3 is 23.5 Å². The van der Waals surface area contributed by atoms with Crippen LogP contribution in [0.2, 0.25) is 0 Å². The van der Waals surface area contributed by atoms with Crippen LogP contribution in [0.1, 0.15) is 11.4 Å². The third-order valence-electron chi connectivity index (χ3n) is 4.69. The topological polar surface area (TPSA) is 98.0 Å². The monoisotopic (exact) mass is 563 g/mol. The molecule has 0 atom stereocenters. The zero-order valence-corrected chi connectivity index (χ0v) is 21.9. The van der Waals surface area contributed by atoms with Gasteiger partial charge in [0.15, 0.2) is 10.1 Å². The Kier molecular flexibility index (Phi) is 11.5. The van der Waals surface area contributed by atoms with E-state index < -0.39 is 15.6 Å². The Morgan fingerprint density at radius 1 is 0.744 bits per heavy atom. The highest BCUT2D eigenvalue weighted by molar-refractivity contribution is 7.86. The molecule has 0 aliphatic heterocycles. The molecule has 8 nitrogen and oxygen atoms in total. The highest BCUT2D eigenvalue weighted by Gasteiger charge is 2.36. The standard InChI is InChI=1S/C26H24NO4.CHF3O3S/c1-27-21(9-5-19-30-25-15-11-23(28-2)12-16-25)7-4-8-22(27)10-6-20-31-26-17-13-24(29-3)14-18-26;2-1(3,4)8(5,6)7/h4,7-8,11-18H,19-20H2,1-3H3;(H,5,6,7)/q+1;/p-1. The van der Waals surface area contributed by atoms with Crippen molar-refractivity contribution in [3.63, 3.8) is 0 Å². The summed E-state index contributed by atoms with van der Waals surface area (Å²) >= 11 is 0. The predicted molar refractivity (Wildman–Crippen MR) is 134 cm³/mol. The molecular weight excluding hydrogens is 539 g/mol. The summed E-state index contributed by atoms with van der Waals surface area (Å²) in [6.45, 7) is 0.579. The maximum absolute atomic E-state index is 10.7. The molecule has 0 radical (unpaired) electrons. The first-order valence-electron chi connectivity index (χ1n) is 11.0. The van der Waals surface area contributed by atoms with Gasteiger partial charge in [-0.15, -0.1) is 0 Å². The van der Waals surface area contributed by atoms with Crippen LogP contribution in [0.15, 0.2) is 66.7 Å². The number of nitrogens with zero attached hydrogens (tertiary/aromatic N) is 1. The van der Waals surface area contributed by atoms with Gasteiger partial charge in [0, 0.05) is 24.0 Å². The molecule has 0 saturated carbocycles. The highest BCUT2D eigenvalue weighted by Crippen LogP contribution is 2.20. The van der Waals surface area contributed by atoms with Gasteiger partial charge in [-0.25, -0.2) is 8.42 Å². The molecular formula is C27H24F3NO7S. The molecule has 39 heavy (non-hydrogen) atoms. The van der Waals surface area contributed by atoms with Gasteiger partial charge in [-0.2, -0.15) is 17.7 Å². The Hall–Kier alpha value is -4.39. The average Bonchev–Trinajstić information content (AvgIpc) is 2.90. The van der Waals surface area contributed by atoms with E-state index in [1.807, 2.05) is 78.3 Å². The molecule has 0 spiro atoms. The van der Waals surface area contributed by atoms with E-state index in [1.165, 1.54) is 0 Å². The van der Waals surface area contributed by atoms with E-state index in [1.54, 1.807) is 14.2 Å². The van der Waals surface area contributed by atoms with E-state index in [0.717, 1.165) is 34.4 Å². The first kappa shape index (κ1) is 30.8. The van der Waals surface area contributed by atoms with E-state index >= 15 is 0 Å². The molecule has 1 aromatic heterocycles. The van der Waals surface area contributed by atoms with Crippen molar-refractivity contribution in [2.75, 3.05) is 27.4 Å². The minimum atomic E-state index is -6.09. The summed E-state index contributed by atoms with van der Waals surface area (Å²) < 4.78 is 82.4. The first-order chi connectivity index (χ1) is 18.4. The van der Waals surface area contributed by atoms with Gasteiger partial charge in [-0.1, -0.05) is 11.8 Å². The SMILES string of the molecule is COc1ccc(OCC#Cc2cccc(C#CCOc3ccc(OC)cc3)[n+]2C)cc1.O=S(=O)([O-])C(F)(F)F. The van der Waals surface area contributed by atoms with Crippen LogP contribution in [0.3, 0.4) is 0 Å². The molecule has 0 aliphatic carbocycles. The smallest absolute Gasteiger partial charge is 0.485 e. The summed E-state index contributed by atoms with van der Waals surface area (Å²) in [5.41, 5.74) is -3.95. The lowest BCUT2D eigenvalue weighted by molar-refractivity contribution is -0.676. The van der Waals surface area contributed by atoms with Crippen molar-refractivity contribution in [2.24, 2.45) is 7.05 Å². The van der Waals surface area contributed by atoms with Crippen LogP contribution >= 0.6 is 0 Å². The second-order valence-electron chi connectivity index (χ2n) is 7.29. The van der Waals surface area contributed by atoms with Gasteiger partial charge in [0.2, 0.25) is 0 Å². The maximum atomic E-state index is 10.7. The fourth-order valence-corrected chi connectivity index (χ4v) is 2.67. The summed E-state index contributed by atoms with van der Waals surface area (Å²) in [7, 11) is -0.892. The zero-order chi connectivity index (χ0) is 28.9. The van der Waals surface area contributed by atoms with Crippen LogP contribution in [-0.4, -0.2) is 45.9 Å². The second-order valence-corrected chi connectivity index (χ2v) is 8.66. The van der Waals surface area contributed by atoms with E-state index in [2.05, 4.69) is 23.7 Å². The zero-order valence-electron chi connectivity index (χ0n) is 21.1. The number of benzene rings is 2. The quantitative estimate of drug-likeness (QED) is 0.196. The number of methoxy groups -OCH3 is 2. The molecule has 3 rings (SSSR count). The van der Waals surface area contributed by atoms with Crippen LogP contribution in [-0.2, 0) is 17.2 Å². The van der Waals surface area contributed by atoms with Gasteiger partial charge in [-0.05, 0) is 54.6 Å². The van der Waals surface area contributed by atoms with Crippen molar-refractivity contribution >= 4 is 10.1 Å².